The van der Waals surface area contributed by atoms with E-state index >= 15 is 0 Å². The van der Waals surface area contributed by atoms with Crippen molar-refractivity contribution in [2.45, 2.75) is 52.5 Å². The number of unbranched alkanes of at least 4 members (excludes halogenated alkanes) is 2. The number of nitrogens with one attached hydrogen (secondary N) is 1. The molecule has 0 atom stereocenters. The molecule has 0 saturated carbocycles. The van der Waals surface area contributed by atoms with Crippen LogP contribution in [0.5, 0.6) is 0 Å². The van der Waals surface area contributed by atoms with E-state index < -0.39 is 0 Å². The molecule has 0 fully saturated rings. The Morgan fingerprint density at radius 3 is 2.38 bits per heavy atom. The molecule has 0 unspecified atom stereocenters. The Hall–Kier alpha value is -0.520. The summed E-state index contributed by atoms with van der Waals surface area (Å²) in [5, 5.41) is 3.50. The third-order valence-electron chi connectivity index (χ3n) is 2.57. The van der Waals surface area contributed by atoms with Gasteiger partial charge in [0.1, 0.15) is 0 Å². The minimum atomic E-state index is 0.249. The second-order valence-electron chi connectivity index (χ2n) is 5.31. The van der Waals surface area contributed by atoms with Gasteiger partial charge < -0.3 is 5.32 Å². The average Bonchev–Trinajstić information content (AvgIpc) is 2.20. The molecule has 1 N–H and O–H groups in total. The van der Waals surface area contributed by atoms with Crippen LogP contribution in [0.25, 0.3) is 0 Å². The van der Waals surface area contributed by atoms with Gasteiger partial charge in [0.05, 0.1) is 6.54 Å². The first-order valence-electron chi connectivity index (χ1n) is 6.40. The van der Waals surface area contributed by atoms with Gasteiger partial charge in [-0.1, -0.05) is 19.3 Å². The van der Waals surface area contributed by atoms with Gasteiger partial charge in [-0.2, -0.15) is 0 Å². The summed E-state index contributed by atoms with van der Waals surface area (Å²) in [7, 11) is 0. The van der Waals surface area contributed by atoms with Crippen molar-refractivity contribution in [3.05, 3.63) is 0 Å². The van der Waals surface area contributed by atoms with Gasteiger partial charge in [0.25, 0.3) is 0 Å². The Labute approximate surface area is 102 Å². The van der Waals surface area contributed by atoms with Crippen LogP contribution in [0.1, 0.15) is 47.0 Å². The molecule has 16 heavy (non-hydrogen) atoms. The van der Waals surface area contributed by atoms with Gasteiger partial charge in [0.15, 0.2) is 0 Å². The Balaban J connectivity index is 3.36. The summed E-state index contributed by atoms with van der Waals surface area (Å²) in [4.78, 5) is 2.32. The summed E-state index contributed by atoms with van der Waals surface area (Å²) in [5.41, 5.74) is 0.249. The summed E-state index contributed by atoms with van der Waals surface area (Å²) < 4.78 is 0. The quantitative estimate of drug-likeness (QED) is 0.503. The smallest absolute Gasteiger partial charge is 0.0598 e. The number of hydrogen-bond acceptors (Lipinski definition) is 2. The van der Waals surface area contributed by atoms with Crippen LogP contribution in [0.2, 0.25) is 0 Å². The standard InChI is InChI=1S/C14H28N2/c1-6-12-16(7-2)13-10-8-9-11-15-14(3,4)5/h1,15H,7-13H2,2-5H3. The average molecular weight is 224 g/mol. The van der Waals surface area contributed by atoms with Gasteiger partial charge >= 0.3 is 0 Å². The molecule has 2 heteroatoms. The predicted molar refractivity (Wildman–Crippen MR) is 72.6 cm³/mol. The summed E-state index contributed by atoms with van der Waals surface area (Å²) in [6.45, 7) is 12.9. The lowest BCUT2D eigenvalue weighted by molar-refractivity contribution is 0.312. The molecule has 0 aliphatic rings. The second kappa shape index (κ2) is 8.61. The molecule has 0 rings (SSSR count). The number of terminal acetylenes is 1. The topological polar surface area (TPSA) is 15.3 Å². The fourth-order valence-corrected chi connectivity index (χ4v) is 1.58. The van der Waals surface area contributed by atoms with Gasteiger partial charge in [0.2, 0.25) is 0 Å². The van der Waals surface area contributed by atoms with E-state index in [1.807, 2.05) is 0 Å². The van der Waals surface area contributed by atoms with E-state index in [1.54, 1.807) is 0 Å². The minimum Gasteiger partial charge on any atom is -0.312 e. The highest BCUT2D eigenvalue weighted by Crippen LogP contribution is 2.01. The molecule has 0 aromatic rings. The van der Waals surface area contributed by atoms with Gasteiger partial charge in [-0.05, 0) is 53.2 Å². The van der Waals surface area contributed by atoms with E-state index in [1.165, 1.54) is 19.3 Å². The van der Waals surface area contributed by atoms with Crippen molar-refractivity contribution >= 4 is 0 Å². The maximum Gasteiger partial charge on any atom is 0.0598 e. The number of nitrogens with zero attached hydrogens (tertiary/aromatic N) is 1. The lowest BCUT2D eigenvalue weighted by Gasteiger charge is -2.21. The van der Waals surface area contributed by atoms with Crippen molar-refractivity contribution in [2.24, 2.45) is 0 Å². The van der Waals surface area contributed by atoms with Crippen molar-refractivity contribution in [3.63, 3.8) is 0 Å². The van der Waals surface area contributed by atoms with Crippen molar-refractivity contribution in [1.29, 1.82) is 0 Å². The fraction of sp³-hybridized carbons (Fsp3) is 0.857. The summed E-state index contributed by atoms with van der Waals surface area (Å²) >= 11 is 0. The Kier molecular flexibility index (Phi) is 8.33. The predicted octanol–water partition coefficient (Wildman–Crippen LogP) is 2.50. The van der Waals surface area contributed by atoms with Gasteiger partial charge in [0, 0.05) is 5.54 Å². The van der Waals surface area contributed by atoms with E-state index in [-0.39, 0.29) is 5.54 Å². The van der Waals surface area contributed by atoms with Crippen LogP contribution in [0, 0.1) is 12.3 Å². The Bertz CT molecular complexity index is 198. The zero-order chi connectivity index (χ0) is 12.4. The maximum atomic E-state index is 5.30. The van der Waals surface area contributed by atoms with Crippen molar-refractivity contribution in [1.82, 2.24) is 10.2 Å². The van der Waals surface area contributed by atoms with E-state index in [4.69, 9.17) is 6.42 Å². The van der Waals surface area contributed by atoms with Crippen LogP contribution >= 0.6 is 0 Å². The monoisotopic (exact) mass is 224 g/mol. The SMILES string of the molecule is C#CCN(CC)CCCCCNC(C)(C)C. The van der Waals surface area contributed by atoms with E-state index in [2.05, 4.69) is 43.8 Å². The molecule has 0 bridgehead atoms. The van der Waals surface area contributed by atoms with Gasteiger partial charge in [-0.15, -0.1) is 6.42 Å². The van der Waals surface area contributed by atoms with Crippen LogP contribution < -0.4 is 5.32 Å². The maximum absolute atomic E-state index is 5.30. The molecule has 0 aromatic carbocycles. The van der Waals surface area contributed by atoms with Crippen molar-refractivity contribution < 1.29 is 0 Å². The molecule has 0 amide bonds. The van der Waals surface area contributed by atoms with Crippen LogP contribution in [-0.2, 0) is 0 Å². The largest absolute Gasteiger partial charge is 0.312 e. The normalized spacial score (nSPS) is 11.8. The molecule has 0 heterocycles. The van der Waals surface area contributed by atoms with Crippen LogP contribution in [0.4, 0.5) is 0 Å². The number of rotatable bonds is 8. The van der Waals surface area contributed by atoms with Crippen molar-refractivity contribution in [2.75, 3.05) is 26.2 Å². The molecule has 0 aliphatic heterocycles. The molecule has 2 nitrogen and oxygen atoms in total. The molecule has 94 valence electrons. The highest BCUT2D eigenvalue weighted by molar-refractivity contribution is 4.87. The van der Waals surface area contributed by atoms with Crippen LogP contribution in [0.15, 0.2) is 0 Å². The molecule has 0 aromatic heterocycles. The van der Waals surface area contributed by atoms with E-state index in [9.17, 15) is 0 Å². The van der Waals surface area contributed by atoms with Crippen LogP contribution in [-0.4, -0.2) is 36.6 Å². The highest BCUT2D eigenvalue weighted by Gasteiger charge is 2.07. The van der Waals surface area contributed by atoms with Crippen LogP contribution in [0.3, 0.4) is 0 Å². The molecule has 0 saturated heterocycles. The summed E-state index contributed by atoms with van der Waals surface area (Å²) in [5.74, 6) is 2.70. The lowest BCUT2D eigenvalue weighted by atomic mass is 10.1. The minimum absolute atomic E-state index is 0.249. The lowest BCUT2D eigenvalue weighted by Crippen LogP contribution is -2.36. The molecule has 0 spiro atoms. The first-order valence-corrected chi connectivity index (χ1v) is 6.40. The van der Waals surface area contributed by atoms with Gasteiger partial charge in [-0.25, -0.2) is 0 Å². The molecule has 0 aliphatic carbocycles. The third-order valence-corrected chi connectivity index (χ3v) is 2.57. The van der Waals surface area contributed by atoms with E-state index in [0.29, 0.717) is 0 Å². The summed E-state index contributed by atoms with van der Waals surface area (Å²) in [6, 6.07) is 0. The first-order chi connectivity index (χ1) is 7.49. The second-order valence-corrected chi connectivity index (χ2v) is 5.31. The van der Waals surface area contributed by atoms with Gasteiger partial charge in [-0.3, -0.25) is 4.90 Å². The third kappa shape index (κ3) is 10.0. The first kappa shape index (κ1) is 15.5. The zero-order valence-corrected chi connectivity index (χ0v) is 11.5. The number of hydrogen-bond donors (Lipinski definition) is 1. The van der Waals surface area contributed by atoms with Crippen molar-refractivity contribution in [3.8, 4) is 12.3 Å². The highest BCUT2D eigenvalue weighted by atomic mass is 15.1. The molecular weight excluding hydrogens is 196 g/mol. The molecule has 0 radical (unpaired) electrons. The Morgan fingerprint density at radius 2 is 1.88 bits per heavy atom. The van der Waals surface area contributed by atoms with E-state index in [0.717, 1.165) is 26.2 Å². The Morgan fingerprint density at radius 1 is 1.19 bits per heavy atom. The zero-order valence-electron chi connectivity index (χ0n) is 11.5. The molecular formula is C14H28N2. The summed E-state index contributed by atoms with van der Waals surface area (Å²) in [6.07, 6.45) is 9.09. The fourth-order valence-electron chi connectivity index (χ4n) is 1.58.